The van der Waals surface area contributed by atoms with Crippen molar-refractivity contribution in [3.8, 4) is 17.2 Å². The molecule has 3 aromatic rings. The van der Waals surface area contributed by atoms with E-state index in [1.54, 1.807) is 30.6 Å². The van der Waals surface area contributed by atoms with Crippen LogP contribution in [0.1, 0.15) is 27.7 Å². The molecule has 0 aliphatic carbocycles. The molecule has 2 aromatic carbocycles. The van der Waals surface area contributed by atoms with Crippen molar-refractivity contribution in [1.82, 2.24) is 14.9 Å². The molecule has 1 aromatic heterocycles. The van der Waals surface area contributed by atoms with Crippen LogP contribution in [0.15, 0.2) is 42.9 Å². The highest BCUT2D eigenvalue weighted by Gasteiger charge is 2.29. The molecule has 1 aliphatic rings. The molecule has 0 fully saturated rings. The summed E-state index contributed by atoms with van der Waals surface area (Å²) in [5.41, 5.74) is 2.57. The molecule has 1 atom stereocenters. The Bertz CT molecular complexity index is 1070. The lowest BCUT2D eigenvalue weighted by Gasteiger charge is -2.14. The minimum atomic E-state index is -0.541. The molecule has 144 valence electrons. The number of imidazole rings is 1. The largest absolute Gasteiger partial charge is 0.495 e. The lowest BCUT2D eigenvalue weighted by atomic mass is 10.1. The molecule has 1 amide bonds. The number of benzene rings is 2. The fourth-order valence-electron chi connectivity index (χ4n) is 3.19. The fraction of sp³-hybridized carbons (Fsp3) is 0.200. The number of methoxy groups -OCH3 is 1. The summed E-state index contributed by atoms with van der Waals surface area (Å²) in [6.07, 6.45) is 3.54. The number of halogens is 2. The standard InChI is InChI=1S/C20H17ClFN3O3/c1-11-8-25(10-23-11)17-4-3-12(5-18(17)27-2)20(26)24-16-9-28-19-14(16)6-13(21)7-15(19)22/h3-8,10,16H,9H2,1-2H3,(H,24,26). The van der Waals surface area contributed by atoms with Gasteiger partial charge < -0.3 is 19.4 Å². The highest BCUT2D eigenvalue weighted by atomic mass is 35.5. The van der Waals surface area contributed by atoms with Crippen LogP contribution in [0.5, 0.6) is 11.5 Å². The Morgan fingerprint density at radius 1 is 1.39 bits per heavy atom. The summed E-state index contributed by atoms with van der Waals surface area (Å²) in [6.45, 7) is 2.03. The van der Waals surface area contributed by atoms with Crippen LogP contribution in [0.3, 0.4) is 0 Å². The summed E-state index contributed by atoms with van der Waals surface area (Å²) in [5, 5.41) is 3.11. The maximum absolute atomic E-state index is 13.9. The van der Waals surface area contributed by atoms with Crippen LogP contribution in [0.2, 0.25) is 5.02 Å². The van der Waals surface area contributed by atoms with E-state index in [4.69, 9.17) is 21.1 Å². The Labute approximate surface area is 165 Å². The van der Waals surface area contributed by atoms with E-state index in [-0.39, 0.29) is 23.3 Å². The van der Waals surface area contributed by atoms with Gasteiger partial charge in [-0.15, -0.1) is 0 Å². The molecule has 0 radical (unpaired) electrons. The smallest absolute Gasteiger partial charge is 0.252 e. The first-order chi connectivity index (χ1) is 13.5. The van der Waals surface area contributed by atoms with E-state index in [9.17, 15) is 9.18 Å². The number of nitrogens with one attached hydrogen (secondary N) is 1. The van der Waals surface area contributed by atoms with Crippen LogP contribution in [0, 0.1) is 12.7 Å². The quantitative estimate of drug-likeness (QED) is 0.721. The summed E-state index contributed by atoms with van der Waals surface area (Å²) >= 11 is 5.93. The van der Waals surface area contributed by atoms with Crippen LogP contribution < -0.4 is 14.8 Å². The predicted molar refractivity (Wildman–Crippen MR) is 102 cm³/mol. The summed E-state index contributed by atoms with van der Waals surface area (Å²) < 4.78 is 26.6. The van der Waals surface area contributed by atoms with Gasteiger partial charge in [-0.25, -0.2) is 9.37 Å². The van der Waals surface area contributed by atoms with Gasteiger partial charge in [-0.1, -0.05) is 11.6 Å². The number of aryl methyl sites for hydroxylation is 1. The van der Waals surface area contributed by atoms with Crippen molar-refractivity contribution in [1.29, 1.82) is 0 Å². The first-order valence-electron chi connectivity index (χ1n) is 8.58. The Morgan fingerprint density at radius 2 is 2.21 bits per heavy atom. The maximum Gasteiger partial charge on any atom is 0.252 e. The number of hydrogen-bond acceptors (Lipinski definition) is 4. The van der Waals surface area contributed by atoms with Crippen molar-refractivity contribution in [3.05, 3.63) is 70.5 Å². The highest BCUT2D eigenvalue weighted by molar-refractivity contribution is 6.30. The number of rotatable bonds is 4. The number of carbonyl (C=O) groups excluding carboxylic acids is 1. The van der Waals surface area contributed by atoms with E-state index in [0.29, 0.717) is 16.9 Å². The Kier molecular flexibility index (Phi) is 4.68. The molecule has 2 heterocycles. The summed E-state index contributed by atoms with van der Waals surface area (Å²) in [5.74, 6) is -0.213. The summed E-state index contributed by atoms with van der Waals surface area (Å²) in [4.78, 5) is 16.9. The fourth-order valence-corrected chi connectivity index (χ4v) is 3.41. The van der Waals surface area contributed by atoms with Gasteiger partial charge in [0, 0.05) is 22.3 Å². The van der Waals surface area contributed by atoms with Crippen LogP contribution in [-0.2, 0) is 0 Å². The highest BCUT2D eigenvalue weighted by Crippen LogP contribution is 2.37. The number of ether oxygens (including phenoxy) is 2. The number of fused-ring (bicyclic) bond motifs is 1. The molecule has 0 saturated heterocycles. The normalized spacial score (nSPS) is 15.1. The Balaban J connectivity index is 1.58. The molecule has 8 heteroatoms. The maximum atomic E-state index is 13.9. The third-order valence-electron chi connectivity index (χ3n) is 4.54. The molecular formula is C20H17ClFN3O3. The van der Waals surface area contributed by atoms with Crippen LogP contribution in [0.25, 0.3) is 5.69 Å². The van der Waals surface area contributed by atoms with E-state index in [1.165, 1.54) is 13.2 Å². The first kappa shape index (κ1) is 18.3. The van der Waals surface area contributed by atoms with E-state index in [2.05, 4.69) is 10.3 Å². The second-order valence-corrected chi connectivity index (χ2v) is 6.89. The molecule has 6 nitrogen and oxygen atoms in total. The second-order valence-electron chi connectivity index (χ2n) is 6.45. The molecule has 0 saturated carbocycles. The number of hydrogen-bond donors (Lipinski definition) is 1. The molecule has 4 rings (SSSR count). The van der Waals surface area contributed by atoms with E-state index in [1.807, 2.05) is 17.7 Å². The van der Waals surface area contributed by atoms with E-state index in [0.717, 1.165) is 11.4 Å². The van der Waals surface area contributed by atoms with Crippen LogP contribution in [-0.4, -0.2) is 29.2 Å². The van der Waals surface area contributed by atoms with Gasteiger partial charge in [0.05, 0.1) is 30.9 Å². The molecule has 1 unspecified atom stereocenters. The second kappa shape index (κ2) is 7.16. The summed E-state index contributed by atoms with van der Waals surface area (Å²) in [6, 6.07) is 7.42. The number of nitrogens with zero attached hydrogens (tertiary/aromatic N) is 2. The van der Waals surface area contributed by atoms with Crippen molar-refractivity contribution in [3.63, 3.8) is 0 Å². The van der Waals surface area contributed by atoms with Crippen molar-refractivity contribution in [2.75, 3.05) is 13.7 Å². The van der Waals surface area contributed by atoms with Crippen LogP contribution >= 0.6 is 11.6 Å². The lowest BCUT2D eigenvalue weighted by Crippen LogP contribution is -2.29. The van der Waals surface area contributed by atoms with Gasteiger partial charge in [0.2, 0.25) is 0 Å². The van der Waals surface area contributed by atoms with Crippen molar-refractivity contribution in [2.45, 2.75) is 13.0 Å². The molecule has 1 N–H and O–H groups in total. The van der Waals surface area contributed by atoms with Crippen LogP contribution in [0.4, 0.5) is 4.39 Å². The van der Waals surface area contributed by atoms with E-state index < -0.39 is 11.9 Å². The predicted octanol–water partition coefficient (Wildman–Crippen LogP) is 3.85. The zero-order valence-corrected chi connectivity index (χ0v) is 16.0. The molecule has 0 spiro atoms. The van der Waals surface area contributed by atoms with Crippen molar-refractivity contribution in [2.24, 2.45) is 0 Å². The van der Waals surface area contributed by atoms with Gasteiger partial charge in [0.25, 0.3) is 5.91 Å². The van der Waals surface area contributed by atoms with E-state index >= 15 is 0 Å². The SMILES string of the molecule is COc1cc(C(=O)NC2COc3c(F)cc(Cl)cc32)ccc1-n1cnc(C)c1. The molecule has 0 bridgehead atoms. The lowest BCUT2D eigenvalue weighted by molar-refractivity contribution is 0.0930. The zero-order valence-electron chi connectivity index (χ0n) is 15.2. The van der Waals surface area contributed by atoms with Gasteiger partial charge in [-0.2, -0.15) is 0 Å². The first-order valence-corrected chi connectivity index (χ1v) is 8.95. The van der Waals surface area contributed by atoms with Crippen molar-refractivity contribution >= 4 is 17.5 Å². The minimum absolute atomic E-state index is 0.123. The monoisotopic (exact) mass is 401 g/mol. The van der Waals surface area contributed by atoms with Crippen molar-refractivity contribution < 1.29 is 18.7 Å². The molecule has 1 aliphatic heterocycles. The minimum Gasteiger partial charge on any atom is -0.495 e. The average molecular weight is 402 g/mol. The third kappa shape index (κ3) is 3.29. The Morgan fingerprint density at radius 3 is 2.93 bits per heavy atom. The third-order valence-corrected chi connectivity index (χ3v) is 4.76. The van der Waals surface area contributed by atoms with Gasteiger partial charge in [0.1, 0.15) is 12.4 Å². The molecule has 28 heavy (non-hydrogen) atoms. The van der Waals surface area contributed by atoms with Gasteiger partial charge >= 0.3 is 0 Å². The average Bonchev–Trinajstić information content (AvgIpc) is 3.28. The molecular weight excluding hydrogens is 385 g/mol. The topological polar surface area (TPSA) is 65.4 Å². The Hall–Kier alpha value is -3.06. The number of aromatic nitrogens is 2. The zero-order chi connectivity index (χ0) is 19.8. The van der Waals surface area contributed by atoms with Gasteiger partial charge in [-0.05, 0) is 37.3 Å². The van der Waals surface area contributed by atoms with Gasteiger partial charge in [0.15, 0.2) is 11.6 Å². The number of amides is 1. The number of carbonyl (C=O) groups is 1. The summed E-state index contributed by atoms with van der Waals surface area (Å²) in [7, 11) is 1.54. The van der Waals surface area contributed by atoms with Gasteiger partial charge in [-0.3, -0.25) is 4.79 Å².